The lowest BCUT2D eigenvalue weighted by Gasteiger charge is -2.09. The number of carbonyl (C=O) groups excluding carboxylic acids is 1. The molecule has 0 radical (unpaired) electrons. The molecule has 8 nitrogen and oxygen atoms in total. The van der Waals surface area contributed by atoms with E-state index >= 15 is 0 Å². The van der Waals surface area contributed by atoms with Gasteiger partial charge < -0.3 is 15.5 Å². The number of nitro groups is 1. The highest BCUT2D eigenvalue weighted by atomic mass is 16.6. The Labute approximate surface area is 123 Å². The molecule has 3 N–H and O–H groups in total. The van der Waals surface area contributed by atoms with Crippen LogP contribution in [-0.2, 0) is 0 Å². The van der Waals surface area contributed by atoms with Gasteiger partial charge in [-0.3, -0.25) is 14.9 Å². The van der Waals surface area contributed by atoms with Gasteiger partial charge in [0.1, 0.15) is 0 Å². The van der Waals surface area contributed by atoms with Crippen LogP contribution in [0.5, 0.6) is 5.75 Å². The third-order valence-corrected chi connectivity index (χ3v) is 2.86. The number of phenols is 1. The molecule has 0 heterocycles. The zero-order chi connectivity index (χ0) is 16.3. The number of phenolic OH excluding ortho intramolecular Hbond substituents is 1. The number of hydrogen-bond donors (Lipinski definition) is 3. The van der Waals surface area contributed by atoms with Crippen molar-refractivity contribution in [1.29, 1.82) is 0 Å². The maximum atomic E-state index is 12.1. The molecule has 0 aliphatic carbocycles. The maximum Gasteiger partial charge on any atom is 0.337 e. The summed E-state index contributed by atoms with van der Waals surface area (Å²) < 4.78 is 0. The predicted molar refractivity (Wildman–Crippen MR) is 76.1 cm³/mol. The second-order valence-corrected chi connectivity index (χ2v) is 4.24. The maximum absolute atomic E-state index is 12.1. The zero-order valence-electron chi connectivity index (χ0n) is 11.0. The van der Waals surface area contributed by atoms with Gasteiger partial charge in [-0.05, 0) is 18.2 Å². The lowest BCUT2D eigenvalue weighted by atomic mass is 10.1. The Hall–Kier alpha value is -3.42. The molecular weight excluding hydrogens is 292 g/mol. The third-order valence-electron chi connectivity index (χ3n) is 2.86. The fraction of sp³-hybridized carbons (Fsp3) is 0. The minimum Gasteiger partial charge on any atom is -0.502 e. The average Bonchev–Trinajstić information content (AvgIpc) is 2.47. The molecule has 2 rings (SSSR count). The van der Waals surface area contributed by atoms with Crippen molar-refractivity contribution < 1.29 is 24.7 Å². The Morgan fingerprint density at radius 2 is 1.68 bits per heavy atom. The molecule has 0 fully saturated rings. The van der Waals surface area contributed by atoms with Crippen molar-refractivity contribution >= 4 is 23.3 Å². The number of carboxylic acids is 1. The first-order chi connectivity index (χ1) is 10.4. The molecule has 0 atom stereocenters. The van der Waals surface area contributed by atoms with E-state index in [1.165, 1.54) is 36.4 Å². The number of para-hydroxylation sites is 2. The molecular formula is C14H10N2O6. The van der Waals surface area contributed by atoms with Crippen LogP contribution in [0.15, 0.2) is 42.5 Å². The molecule has 1 amide bonds. The number of amides is 1. The molecule has 22 heavy (non-hydrogen) atoms. The van der Waals surface area contributed by atoms with Crippen molar-refractivity contribution in [2.45, 2.75) is 0 Å². The number of hydrogen-bond acceptors (Lipinski definition) is 5. The monoisotopic (exact) mass is 302 g/mol. The molecule has 0 unspecified atom stereocenters. The van der Waals surface area contributed by atoms with Crippen molar-refractivity contribution in [2.75, 3.05) is 5.32 Å². The van der Waals surface area contributed by atoms with Gasteiger partial charge in [0.05, 0.1) is 21.7 Å². The summed E-state index contributed by atoms with van der Waals surface area (Å²) >= 11 is 0. The normalized spacial score (nSPS) is 10.0. The summed E-state index contributed by atoms with van der Waals surface area (Å²) in [6, 6.07) is 9.18. The first-order valence-corrected chi connectivity index (χ1v) is 6.02. The second-order valence-electron chi connectivity index (χ2n) is 4.24. The number of rotatable bonds is 4. The van der Waals surface area contributed by atoms with E-state index in [9.17, 15) is 24.8 Å². The Balaban J connectivity index is 2.37. The SMILES string of the molecule is O=C(O)c1ccccc1NC(=O)c1cccc([N+](=O)[O-])c1O. The molecule has 0 aromatic heterocycles. The van der Waals surface area contributed by atoms with Crippen LogP contribution in [0.25, 0.3) is 0 Å². The summed E-state index contributed by atoms with van der Waals surface area (Å²) in [5.74, 6) is -2.87. The van der Waals surface area contributed by atoms with Crippen molar-refractivity contribution in [2.24, 2.45) is 0 Å². The first-order valence-electron chi connectivity index (χ1n) is 6.02. The van der Waals surface area contributed by atoms with E-state index in [4.69, 9.17) is 5.11 Å². The number of nitrogens with one attached hydrogen (secondary N) is 1. The summed E-state index contributed by atoms with van der Waals surface area (Å²) in [5, 5.41) is 31.8. The number of benzene rings is 2. The largest absolute Gasteiger partial charge is 0.502 e. The summed E-state index contributed by atoms with van der Waals surface area (Å²) in [5.41, 5.74) is -1.06. The number of anilines is 1. The molecule has 0 saturated carbocycles. The number of aromatic hydroxyl groups is 1. The number of aromatic carboxylic acids is 1. The number of nitrogens with zero attached hydrogens (tertiary/aromatic N) is 1. The Morgan fingerprint density at radius 3 is 2.32 bits per heavy atom. The van der Waals surface area contributed by atoms with Crippen LogP contribution in [-0.4, -0.2) is 27.0 Å². The second kappa shape index (κ2) is 5.92. The van der Waals surface area contributed by atoms with Crippen LogP contribution in [0.3, 0.4) is 0 Å². The van der Waals surface area contributed by atoms with Crippen molar-refractivity contribution in [1.82, 2.24) is 0 Å². The van der Waals surface area contributed by atoms with Gasteiger partial charge in [-0.15, -0.1) is 0 Å². The van der Waals surface area contributed by atoms with Crippen LogP contribution in [0.4, 0.5) is 11.4 Å². The Kier molecular flexibility index (Phi) is 4.03. The van der Waals surface area contributed by atoms with Crippen LogP contribution in [0, 0.1) is 10.1 Å². The van der Waals surface area contributed by atoms with Gasteiger partial charge in [0.15, 0.2) is 0 Å². The lowest BCUT2D eigenvalue weighted by Crippen LogP contribution is -2.15. The minimum absolute atomic E-state index is 0.0194. The van der Waals surface area contributed by atoms with Crippen molar-refractivity contribution in [3.8, 4) is 5.75 Å². The lowest BCUT2D eigenvalue weighted by molar-refractivity contribution is -0.385. The quantitative estimate of drug-likeness (QED) is 0.586. The van der Waals surface area contributed by atoms with E-state index in [2.05, 4.69) is 5.32 Å². The Morgan fingerprint density at radius 1 is 1.05 bits per heavy atom. The number of carboxylic acid groups (broad SMARTS) is 1. The van der Waals surface area contributed by atoms with Crippen molar-refractivity contribution in [3.63, 3.8) is 0 Å². The summed E-state index contributed by atoms with van der Waals surface area (Å²) in [7, 11) is 0. The minimum atomic E-state index is -1.24. The van der Waals surface area contributed by atoms with Crippen LogP contribution < -0.4 is 5.32 Å². The van der Waals surface area contributed by atoms with E-state index < -0.39 is 28.2 Å². The molecule has 0 aliphatic rings. The summed E-state index contributed by atoms with van der Waals surface area (Å²) in [4.78, 5) is 33.1. The van der Waals surface area contributed by atoms with Gasteiger partial charge in [0.2, 0.25) is 5.75 Å². The van der Waals surface area contributed by atoms with Gasteiger partial charge in [0.25, 0.3) is 5.91 Å². The van der Waals surface area contributed by atoms with Crippen LogP contribution in [0.1, 0.15) is 20.7 Å². The molecule has 0 aliphatic heterocycles. The molecule has 0 bridgehead atoms. The van der Waals surface area contributed by atoms with E-state index in [0.717, 1.165) is 6.07 Å². The fourth-order valence-electron chi connectivity index (χ4n) is 1.83. The standard InChI is InChI=1S/C14H10N2O6/c17-12-9(5-3-7-11(12)16(21)22)13(18)15-10-6-2-1-4-8(10)14(19)20/h1-7,17H,(H,15,18)(H,19,20). The highest BCUT2D eigenvalue weighted by Crippen LogP contribution is 2.30. The van der Waals surface area contributed by atoms with E-state index in [0.29, 0.717) is 0 Å². The highest BCUT2D eigenvalue weighted by molar-refractivity contribution is 6.09. The molecule has 2 aromatic carbocycles. The first kappa shape index (κ1) is 15.0. The summed E-state index contributed by atoms with van der Waals surface area (Å²) in [6.45, 7) is 0. The van der Waals surface area contributed by atoms with Crippen LogP contribution in [0.2, 0.25) is 0 Å². The topological polar surface area (TPSA) is 130 Å². The van der Waals surface area contributed by atoms with Gasteiger partial charge in [0, 0.05) is 6.07 Å². The zero-order valence-corrected chi connectivity index (χ0v) is 11.0. The average molecular weight is 302 g/mol. The Bertz CT molecular complexity index is 772. The van der Waals surface area contributed by atoms with Gasteiger partial charge >= 0.3 is 11.7 Å². The smallest absolute Gasteiger partial charge is 0.337 e. The van der Waals surface area contributed by atoms with Crippen LogP contribution >= 0.6 is 0 Å². The third kappa shape index (κ3) is 2.85. The van der Waals surface area contributed by atoms with Gasteiger partial charge in [-0.2, -0.15) is 0 Å². The fourth-order valence-corrected chi connectivity index (χ4v) is 1.83. The molecule has 0 saturated heterocycles. The molecule has 0 spiro atoms. The molecule has 112 valence electrons. The molecule has 8 heteroatoms. The highest BCUT2D eigenvalue weighted by Gasteiger charge is 2.22. The van der Waals surface area contributed by atoms with Gasteiger partial charge in [-0.25, -0.2) is 4.79 Å². The van der Waals surface area contributed by atoms with E-state index in [1.54, 1.807) is 0 Å². The van der Waals surface area contributed by atoms with E-state index in [1.807, 2.05) is 0 Å². The van der Waals surface area contributed by atoms with Crippen molar-refractivity contribution in [3.05, 3.63) is 63.7 Å². The number of carbonyl (C=O) groups is 2. The van der Waals surface area contributed by atoms with Gasteiger partial charge in [-0.1, -0.05) is 18.2 Å². The predicted octanol–water partition coefficient (Wildman–Crippen LogP) is 2.25. The number of nitro benzene ring substituents is 1. The van der Waals surface area contributed by atoms with E-state index in [-0.39, 0.29) is 16.8 Å². The molecule has 2 aromatic rings. The summed E-state index contributed by atoms with van der Waals surface area (Å²) in [6.07, 6.45) is 0.